The van der Waals surface area contributed by atoms with Gasteiger partial charge in [0.1, 0.15) is 13.5 Å². The van der Waals surface area contributed by atoms with E-state index in [-0.39, 0.29) is 16.7 Å². The summed E-state index contributed by atoms with van der Waals surface area (Å²) in [4.78, 5) is 9.42. The van der Waals surface area contributed by atoms with Gasteiger partial charge in [-0.1, -0.05) is 31.2 Å². The zero-order valence-corrected chi connectivity index (χ0v) is 21.8. The van der Waals surface area contributed by atoms with E-state index in [2.05, 4.69) is 22.1 Å². The highest BCUT2D eigenvalue weighted by Crippen LogP contribution is 2.41. The van der Waals surface area contributed by atoms with E-state index in [1.807, 2.05) is 36.6 Å². The Morgan fingerprint density at radius 1 is 1.11 bits per heavy atom. The molecule has 1 aromatic carbocycles. The Bertz CT molecular complexity index is 1500. The minimum atomic E-state index is -3.60. The van der Waals surface area contributed by atoms with Gasteiger partial charge in [-0.05, 0) is 74.4 Å². The fraction of sp³-hybridized carbons (Fsp3) is 0.357. The van der Waals surface area contributed by atoms with E-state index in [1.165, 1.54) is 25.3 Å². The van der Waals surface area contributed by atoms with Crippen molar-refractivity contribution in [1.82, 2.24) is 14.5 Å². The summed E-state index contributed by atoms with van der Waals surface area (Å²) in [5.41, 5.74) is 3.25. The van der Waals surface area contributed by atoms with Crippen LogP contribution < -0.4 is 0 Å². The Hall–Kier alpha value is -3.00. The van der Waals surface area contributed by atoms with Crippen LogP contribution in [0, 0.1) is 0 Å². The molecule has 2 aromatic rings. The molecule has 184 valence electrons. The first-order chi connectivity index (χ1) is 17.0. The van der Waals surface area contributed by atoms with Crippen molar-refractivity contribution in [2.24, 2.45) is 0 Å². The number of hydrogen-bond acceptors (Lipinski definition) is 4. The second-order valence-electron chi connectivity index (χ2n) is 10.1. The number of aromatic nitrogens is 3. The molecular weight excluding hydrogens is 472 g/mol. The van der Waals surface area contributed by atoms with Gasteiger partial charge in [0.25, 0.3) is 0 Å². The Morgan fingerprint density at radius 2 is 1.81 bits per heavy atom. The number of fused-ring (bicyclic) bond motifs is 1. The molecule has 0 N–H and O–H groups in total. The lowest BCUT2D eigenvalue weighted by molar-refractivity contribution is 0.310. The molecule has 1 fully saturated rings. The van der Waals surface area contributed by atoms with Crippen LogP contribution in [0.1, 0.15) is 63.6 Å². The lowest BCUT2D eigenvalue weighted by Gasteiger charge is -2.22. The van der Waals surface area contributed by atoms with E-state index in [9.17, 15) is 12.8 Å². The first-order valence-electron chi connectivity index (χ1n) is 12.3. The Kier molecular flexibility index (Phi) is 6.06. The van der Waals surface area contributed by atoms with E-state index in [4.69, 9.17) is 7.85 Å². The smallest absolute Gasteiger partial charge is 0.180 e. The third-order valence-electron chi connectivity index (χ3n) is 6.85. The molecule has 2 aliphatic heterocycles. The van der Waals surface area contributed by atoms with E-state index in [0.717, 1.165) is 16.8 Å². The van der Waals surface area contributed by atoms with Crippen LogP contribution in [0.2, 0.25) is 0 Å². The van der Waals surface area contributed by atoms with Gasteiger partial charge in [0.05, 0.1) is 33.3 Å². The minimum absolute atomic E-state index is 0.0136. The number of hydrogen-bond donors (Lipinski definition) is 0. The molecule has 36 heavy (non-hydrogen) atoms. The van der Waals surface area contributed by atoms with Crippen LogP contribution in [0.5, 0.6) is 0 Å². The number of pyridine rings is 2. The summed E-state index contributed by atoms with van der Waals surface area (Å²) in [7, 11) is 2.13. The predicted octanol–water partition coefficient (Wildman–Crippen LogP) is 6.28. The molecule has 3 heterocycles. The number of alkyl halides is 1. The van der Waals surface area contributed by atoms with Crippen LogP contribution in [0.15, 0.2) is 59.8 Å². The van der Waals surface area contributed by atoms with Crippen molar-refractivity contribution in [3.05, 3.63) is 66.0 Å². The van der Waals surface area contributed by atoms with Crippen molar-refractivity contribution in [2.75, 3.05) is 5.75 Å². The van der Waals surface area contributed by atoms with Gasteiger partial charge in [-0.2, -0.15) is 0 Å². The van der Waals surface area contributed by atoms with Crippen molar-refractivity contribution in [1.29, 1.82) is 0 Å². The zero-order chi connectivity index (χ0) is 25.8. The molecule has 0 bridgehead atoms. The van der Waals surface area contributed by atoms with E-state index >= 15 is 0 Å². The summed E-state index contributed by atoms with van der Waals surface area (Å²) in [5.74, 6) is 0.590. The number of sulfone groups is 1. The number of halogens is 1. The van der Waals surface area contributed by atoms with Crippen molar-refractivity contribution >= 4 is 17.7 Å². The lowest BCUT2D eigenvalue weighted by atomic mass is 9.79. The molecule has 1 aliphatic carbocycles. The average Bonchev–Trinajstić information content (AvgIpc) is 3.60. The molecule has 0 spiro atoms. The second kappa shape index (κ2) is 8.84. The van der Waals surface area contributed by atoms with Gasteiger partial charge < -0.3 is 4.57 Å². The van der Waals surface area contributed by atoms with Crippen LogP contribution in [-0.2, 0) is 15.4 Å². The van der Waals surface area contributed by atoms with Gasteiger partial charge >= 0.3 is 0 Å². The molecule has 3 aliphatic rings. The van der Waals surface area contributed by atoms with Crippen LogP contribution in [-0.4, -0.2) is 36.6 Å². The minimum Gasteiger partial charge on any atom is -0.343 e. The first kappa shape index (κ1) is 24.7. The monoisotopic (exact) mass is 501 g/mol. The van der Waals surface area contributed by atoms with Gasteiger partial charge in [0.2, 0.25) is 0 Å². The molecule has 1 aromatic heterocycles. The summed E-state index contributed by atoms with van der Waals surface area (Å²) in [6.07, 6.45) is 5.83. The second-order valence-corrected chi connectivity index (χ2v) is 12.3. The molecule has 5 rings (SSSR count). The molecule has 5 nitrogen and oxygen atoms in total. The largest absolute Gasteiger partial charge is 0.343 e. The highest BCUT2D eigenvalue weighted by Gasteiger charge is 2.27. The normalized spacial score (nSPS) is 15.9. The van der Waals surface area contributed by atoms with Crippen molar-refractivity contribution in [3.63, 3.8) is 0 Å². The lowest BCUT2D eigenvalue weighted by Crippen LogP contribution is -2.18. The summed E-state index contributed by atoms with van der Waals surface area (Å²) < 4.78 is 42.8. The molecule has 1 saturated carbocycles. The fourth-order valence-electron chi connectivity index (χ4n) is 4.51. The average molecular weight is 501 g/mol. The van der Waals surface area contributed by atoms with E-state index < -0.39 is 15.4 Å². The van der Waals surface area contributed by atoms with Crippen molar-refractivity contribution in [3.8, 4) is 33.9 Å². The molecule has 2 radical (unpaired) electrons. The van der Waals surface area contributed by atoms with Gasteiger partial charge in [-0.25, -0.2) is 13.4 Å². The molecule has 0 saturated heterocycles. The molecular formula is C28H29BFN3O2S. The summed E-state index contributed by atoms with van der Waals surface area (Å²) in [6, 6.07) is 13.4. The number of nitrogens with zero attached hydrogens (tertiary/aromatic N) is 3. The summed E-state index contributed by atoms with van der Waals surface area (Å²) in [6.45, 7) is 6.88. The van der Waals surface area contributed by atoms with Crippen LogP contribution in [0.25, 0.3) is 33.9 Å². The molecule has 1 unspecified atom stereocenters. The van der Waals surface area contributed by atoms with E-state index in [0.29, 0.717) is 28.6 Å². The Labute approximate surface area is 213 Å². The summed E-state index contributed by atoms with van der Waals surface area (Å²) in [5, 5.41) is 0. The Balaban J connectivity index is 1.66. The number of rotatable bonds is 7. The maximum atomic E-state index is 14.6. The third kappa shape index (κ3) is 4.59. The Morgan fingerprint density at radius 3 is 2.39 bits per heavy atom. The molecule has 8 heteroatoms. The third-order valence-corrected chi connectivity index (χ3v) is 8.59. The van der Waals surface area contributed by atoms with Gasteiger partial charge in [-0.15, -0.1) is 0 Å². The maximum absolute atomic E-state index is 14.6. The highest BCUT2D eigenvalue weighted by molar-refractivity contribution is 7.91. The molecule has 0 amide bonds. The van der Waals surface area contributed by atoms with Gasteiger partial charge in [-0.3, -0.25) is 9.37 Å². The van der Waals surface area contributed by atoms with Crippen molar-refractivity contribution in [2.45, 2.75) is 63.0 Å². The first-order valence-corrected chi connectivity index (χ1v) is 14.0. The van der Waals surface area contributed by atoms with Gasteiger partial charge in [0, 0.05) is 24.0 Å². The van der Waals surface area contributed by atoms with E-state index in [1.54, 1.807) is 31.5 Å². The highest BCUT2D eigenvalue weighted by atomic mass is 32.2. The van der Waals surface area contributed by atoms with Crippen LogP contribution in [0.3, 0.4) is 0 Å². The predicted molar refractivity (Wildman–Crippen MR) is 142 cm³/mol. The molecule has 1 atom stereocenters. The standard InChI is InChI=1S/C28H29BFN3O2S/c1-5-36(34,35)26-12-21(20-10-8-19(9-11-20)18-6-7-18)15-31-27(26)24-14-25-23(32-24)13-22(28(4,29)30)16-33(25)17(2)3/h8-18H,5-7H2,1-4H3. The fourth-order valence-corrected chi connectivity index (χ4v) is 5.58. The maximum Gasteiger partial charge on any atom is 0.180 e. The van der Waals surface area contributed by atoms with Crippen LogP contribution >= 0.6 is 0 Å². The quantitative estimate of drug-likeness (QED) is 0.280. The summed E-state index contributed by atoms with van der Waals surface area (Å²) >= 11 is 0. The number of benzene rings is 1. The zero-order valence-electron chi connectivity index (χ0n) is 21.0. The topological polar surface area (TPSA) is 64.8 Å². The SMILES string of the molecule is [B]C(C)(F)c1cc2nc(-c3ncc(-c4ccc(C5CC5)cc4)cc3S(=O)(=O)CC)cc-2n(C(C)C)c1. The van der Waals surface area contributed by atoms with Gasteiger partial charge in [0.15, 0.2) is 9.84 Å². The van der Waals surface area contributed by atoms with Crippen molar-refractivity contribution < 1.29 is 12.8 Å². The van der Waals surface area contributed by atoms with Crippen LogP contribution in [0.4, 0.5) is 4.39 Å².